The molecule has 0 heterocycles. The Balaban J connectivity index is 0. The van der Waals surface area contributed by atoms with Crippen molar-refractivity contribution in [3.63, 3.8) is 0 Å². The maximum absolute atomic E-state index is 10.7. The molecule has 0 bridgehead atoms. The maximum atomic E-state index is 9.87. The molecule has 0 radical (unpaired) electrons. The van der Waals surface area contributed by atoms with Gasteiger partial charge in [0.05, 0.1) is 26.7 Å². The van der Waals surface area contributed by atoms with Crippen molar-refractivity contribution in [1.29, 1.82) is 0 Å². The second-order valence-electron chi connectivity index (χ2n) is 4.12. The second-order valence-corrected chi connectivity index (χ2v) is 6.04. The molecule has 1 atom stereocenters. The van der Waals surface area contributed by atoms with Crippen molar-refractivity contribution in [3.8, 4) is 0 Å². The van der Waals surface area contributed by atoms with Crippen LogP contribution in [0, 0.1) is 0 Å². The molecule has 0 N–H and O–H groups in total. The molecule has 1 unspecified atom stereocenters. The molecule has 18 heavy (non-hydrogen) atoms. The van der Waals surface area contributed by atoms with Crippen LogP contribution in [-0.4, -0.2) is 37.5 Å². The fourth-order valence-electron chi connectivity index (χ4n) is 1.16. The van der Waals surface area contributed by atoms with Crippen LogP contribution in [0.3, 0.4) is 0 Å². The zero-order chi connectivity index (χ0) is 15.3. The molecule has 2 nitrogen and oxygen atoms in total. The predicted molar refractivity (Wildman–Crippen MR) is 61.9 cm³/mol. The van der Waals surface area contributed by atoms with Crippen LogP contribution in [0.25, 0.3) is 0 Å². The van der Waals surface area contributed by atoms with E-state index in [0.717, 1.165) is 24.2 Å². The summed E-state index contributed by atoms with van der Waals surface area (Å²) in [7, 11) is -8.42. The van der Waals surface area contributed by atoms with Crippen molar-refractivity contribution in [2.45, 2.75) is 33.9 Å². The zero-order valence-electron chi connectivity index (χ0n) is 11.3. The molecular formula is C9H22F6NOP. The Morgan fingerprint density at radius 2 is 1.22 bits per heavy atom. The van der Waals surface area contributed by atoms with Crippen molar-refractivity contribution < 1.29 is 34.4 Å². The quantitative estimate of drug-likeness (QED) is 0.292. The number of halogens is 6. The van der Waals surface area contributed by atoms with Crippen LogP contribution in [0.15, 0.2) is 0 Å². The van der Waals surface area contributed by atoms with Gasteiger partial charge in [-0.15, -0.1) is 0 Å². The molecule has 0 aromatic rings. The summed E-state index contributed by atoms with van der Waals surface area (Å²) in [6, 6.07) is 0. The molecule has 0 amide bonds. The number of hydrogen-bond donors (Lipinski definition) is 0. The zero-order valence-corrected chi connectivity index (χ0v) is 12.2. The van der Waals surface area contributed by atoms with E-state index in [2.05, 4.69) is 27.8 Å². The predicted octanol–water partition coefficient (Wildman–Crippen LogP) is 5.24. The molecule has 0 aliphatic rings. The molecule has 0 spiro atoms. The summed E-state index contributed by atoms with van der Waals surface area (Å²) in [6.45, 7) is 11.7. The Morgan fingerprint density at radius 3 is 1.39 bits per heavy atom. The summed E-state index contributed by atoms with van der Waals surface area (Å²) in [4.78, 5) is 0. The topological polar surface area (TPSA) is 9.23 Å². The van der Waals surface area contributed by atoms with E-state index < -0.39 is 7.81 Å². The third-order valence-corrected chi connectivity index (χ3v) is 2.73. The fraction of sp³-hybridized carbons (Fsp3) is 1.00. The summed E-state index contributed by atoms with van der Waals surface area (Å²) in [5.74, 6) is 0. The van der Waals surface area contributed by atoms with Gasteiger partial charge in [-0.2, -0.15) is 0 Å². The first-order chi connectivity index (χ1) is 7.55. The molecule has 0 saturated carbocycles. The van der Waals surface area contributed by atoms with E-state index in [9.17, 15) is 25.2 Å². The van der Waals surface area contributed by atoms with Gasteiger partial charge in [0, 0.05) is 6.92 Å². The minimum absolute atomic E-state index is 0.329. The minimum atomic E-state index is -10.7. The number of nitrogens with zero attached hydrogens (tertiary/aromatic N) is 1. The van der Waals surface area contributed by atoms with Gasteiger partial charge in [0.2, 0.25) is 0 Å². The number of hydrogen-bond acceptors (Lipinski definition) is 1. The fourth-order valence-corrected chi connectivity index (χ4v) is 1.16. The van der Waals surface area contributed by atoms with Crippen LogP contribution >= 0.6 is 7.81 Å². The Hall–Kier alpha value is -0.0700. The first-order valence-electron chi connectivity index (χ1n) is 5.58. The molecule has 0 aliphatic heterocycles. The molecule has 0 rings (SSSR count). The summed E-state index contributed by atoms with van der Waals surface area (Å²) in [5, 5.41) is 0. The van der Waals surface area contributed by atoms with E-state index in [4.69, 9.17) is 4.74 Å². The summed E-state index contributed by atoms with van der Waals surface area (Å²) in [5.41, 5.74) is 0. The van der Waals surface area contributed by atoms with Crippen LogP contribution in [0.5, 0.6) is 0 Å². The average molecular weight is 305 g/mol. The molecule has 0 fully saturated rings. The molecule has 0 aromatic heterocycles. The van der Waals surface area contributed by atoms with Gasteiger partial charge in [-0.1, -0.05) is 0 Å². The number of ether oxygens (including phenoxy) is 1. The van der Waals surface area contributed by atoms with Gasteiger partial charge in [-0.3, -0.25) is 0 Å². The van der Waals surface area contributed by atoms with Crippen molar-refractivity contribution in [1.82, 2.24) is 0 Å². The van der Waals surface area contributed by atoms with E-state index in [1.54, 1.807) is 0 Å². The van der Waals surface area contributed by atoms with Gasteiger partial charge in [0.15, 0.2) is 6.23 Å². The van der Waals surface area contributed by atoms with Crippen LogP contribution in [0.2, 0.25) is 0 Å². The summed E-state index contributed by atoms with van der Waals surface area (Å²) >= 11 is 0. The van der Waals surface area contributed by atoms with E-state index in [-0.39, 0.29) is 0 Å². The Kier molecular flexibility index (Phi) is 6.20. The second kappa shape index (κ2) is 5.51. The normalized spacial score (nSPS) is 18.2. The average Bonchev–Trinajstić information content (AvgIpc) is 2.12. The van der Waals surface area contributed by atoms with Crippen LogP contribution in [-0.2, 0) is 4.74 Å². The van der Waals surface area contributed by atoms with Crippen molar-refractivity contribution in [2.75, 3.05) is 26.7 Å². The van der Waals surface area contributed by atoms with E-state index in [0.29, 0.717) is 6.23 Å². The van der Waals surface area contributed by atoms with Gasteiger partial charge in [-0.25, -0.2) is 0 Å². The first-order valence-corrected chi connectivity index (χ1v) is 7.60. The van der Waals surface area contributed by atoms with Gasteiger partial charge in [-0.05, 0) is 20.8 Å². The van der Waals surface area contributed by atoms with E-state index in [1.807, 2.05) is 6.92 Å². The van der Waals surface area contributed by atoms with Crippen LogP contribution in [0.1, 0.15) is 27.7 Å². The Bertz CT molecular complexity index is 236. The van der Waals surface area contributed by atoms with Gasteiger partial charge >= 0.3 is 33.0 Å². The number of rotatable bonds is 5. The summed E-state index contributed by atoms with van der Waals surface area (Å²) < 4.78 is 65.8. The van der Waals surface area contributed by atoms with E-state index in [1.165, 1.54) is 0 Å². The first kappa shape index (κ1) is 20.3. The van der Waals surface area contributed by atoms with Gasteiger partial charge < -0.3 is 9.22 Å². The van der Waals surface area contributed by atoms with Crippen LogP contribution in [0.4, 0.5) is 25.2 Å². The standard InChI is InChI=1S/C9H22NO.F6P/c1-6-10(5,7-2)9(4)11-8-3;1-7(2,3,4,5)6/h9H,6-8H2,1-5H3;/q+1;-1. The van der Waals surface area contributed by atoms with Gasteiger partial charge in [0.25, 0.3) is 0 Å². The monoisotopic (exact) mass is 305 g/mol. The third kappa shape index (κ3) is 15.9. The Morgan fingerprint density at radius 1 is 0.944 bits per heavy atom. The molecular weight excluding hydrogens is 283 g/mol. The molecule has 0 saturated heterocycles. The van der Waals surface area contributed by atoms with Crippen LogP contribution < -0.4 is 0 Å². The van der Waals surface area contributed by atoms with Gasteiger partial charge in [0.1, 0.15) is 0 Å². The molecule has 9 heteroatoms. The SMILES string of the molecule is CCOC(C)[N+](C)(CC)CC.F[P-](F)(F)(F)(F)F. The molecule has 0 aromatic carbocycles. The van der Waals surface area contributed by atoms with E-state index >= 15 is 0 Å². The van der Waals surface area contributed by atoms with Crippen molar-refractivity contribution in [3.05, 3.63) is 0 Å². The third-order valence-electron chi connectivity index (χ3n) is 2.73. The van der Waals surface area contributed by atoms with Crippen molar-refractivity contribution >= 4 is 7.81 Å². The Labute approximate surface area is 104 Å². The number of quaternary nitrogens is 1. The summed E-state index contributed by atoms with van der Waals surface area (Å²) in [6.07, 6.45) is 0.329. The molecule has 116 valence electrons. The van der Waals surface area contributed by atoms with Crippen molar-refractivity contribution in [2.24, 2.45) is 0 Å². The molecule has 0 aliphatic carbocycles.